The Labute approximate surface area is 85.9 Å². The molecular weight excluding hydrogens is 201 g/mol. The largest absolute Gasteiger partial charge is 0.393 e. The number of aryl methyl sites for hydroxylation is 1. The molecule has 0 aliphatic heterocycles. The molecule has 0 aromatic carbocycles. The van der Waals surface area contributed by atoms with Gasteiger partial charge >= 0.3 is 5.69 Å². The topological polar surface area (TPSA) is 70.0 Å². The van der Waals surface area contributed by atoms with Gasteiger partial charge in [-0.2, -0.15) is 0 Å². The van der Waals surface area contributed by atoms with Crippen molar-refractivity contribution in [2.24, 2.45) is 0 Å². The number of nitrogens with zero attached hydrogens (tertiary/aromatic N) is 2. The van der Waals surface area contributed by atoms with Crippen molar-refractivity contribution in [2.45, 2.75) is 26.4 Å². The Morgan fingerprint density at radius 1 is 1.47 bits per heavy atom. The number of aromatic nitrogens is 2. The lowest BCUT2D eigenvalue weighted by Crippen LogP contribution is -2.40. The molecule has 5 nitrogen and oxygen atoms in total. The first-order chi connectivity index (χ1) is 7.11. The minimum atomic E-state index is -0.563. The summed E-state index contributed by atoms with van der Waals surface area (Å²) in [6.45, 7) is 1.70. The van der Waals surface area contributed by atoms with Crippen molar-refractivity contribution in [1.82, 2.24) is 9.13 Å². The van der Waals surface area contributed by atoms with Crippen molar-refractivity contribution in [3.8, 4) is 0 Å². The van der Waals surface area contributed by atoms with Gasteiger partial charge in [0, 0.05) is 19.3 Å². The fraction of sp³-hybridized carbons (Fsp3) is 0.556. The summed E-state index contributed by atoms with van der Waals surface area (Å²) in [4.78, 5) is 23.1. The Kier molecular flexibility index (Phi) is 3.65. The van der Waals surface area contributed by atoms with Gasteiger partial charge in [0.05, 0.1) is 6.67 Å². The molecule has 0 spiro atoms. The molecule has 2 N–H and O–H groups in total. The van der Waals surface area contributed by atoms with Gasteiger partial charge in [-0.3, -0.25) is 18.3 Å². The van der Waals surface area contributed by atoms with Crippen LogP contribution in [0.3, 0.4) is 0 Å². The fourth-order valence-electron chi connectivity index (χ4n) is 1.32. The first-order valence-corrected chi connectivity index (χ1v) is 4.77. The average molecular weight is 215 g/mol. The van der Waals surface area contributed by atoms with Crippen LogP contribution in [0.15, 0.2) is 15.8 Å². The van der Waals surface area contributed by atoms with Crippen LogP contribution in [-0.4, -0.2) is 15.8 Å². The molecule has 1 aromatic rings. The number of halogens is 1. The molecule has 6 heteroatoms. The minimum Gasteiger partial charge on any atom is -0.393 e. The molecule has 0 saturated carbocycles. The number of nitrogens with two attached hydrogens (primary N) is 1. The van der Waals surface area contributed by atoms with Gasteiger partial charge in [0.2, 0.25) is 0 Å². The van der Waals surface area contributed by atoms with Crippen molar-refractivity contribution in [3.63, 3.8) is 0 Å². The van der Waals surface area contributed by atoms with Gasteiger partial charge in [0.25, 0.3) is 5.56 Å². The highest BCUT2D eigenvalue weighted by molar-refractivity contribution is 5.30. The molecule has 0 amide bonds. The Hall–Kier alpha value is -1.59. The van der Waals surface area contributed by atoms with E-state index in [0.717, 1.165) is 4.57 Å². The first-order valence-electron chi connectivity index (χ1n) is 4.77. The number of nitrogen functional groups attached to an aromatic ring is 1. The van der Waals surface area contributed by atoms with Gasteiger partial charge < -0.3 is 5.73 Å². The number of anilines is 1. The van der Waals surface area contributed by atoms with E-state index in [2.05, 4.69) is 0 Å². The van der Waals surface area contributed by atoms with E-state index in [1.165, 1.54) is 10.8 Å². The van der Waals surface area contributed by atoms with Crippen molar-refractivity contribution in [1.29, 1.82) is 0 Å². The molecule has 0 unspecified atom stereocenters. The molecule has 0 atom stereocenters. The third-order valence-corrected chi connectivity index (χ3v) is 2.12. The van der Waals surface area contributed by atoms with Crippen LogP contribution in [0.5, 0.6) is 0 Å². The van der Waals surface area contributed by atoms with Crippen LogP contribution in [0.1, 0.15) is 13.3 Å². The Bertz CT molecular complexity index is 450. The zero-order valence-corrected chi connectivity index (χ0v) is 8.57. The zero-order valence-electron chi connectivity index (χ0n) is 8.57. The van der Waals surface area contributed by atoms with Gasteiger partial charge in [0.15, 0.2) is 0 Å². The number of rotatable bonds is 4. The molecule has 1 aromatic heterocycles. The highest BCUT2D eigenvalue weighted by atomic mass is 19.1. The van der Waals surface area contributed by atoms with Crippen LogP contribution >= 0.6 is 0 Å². The van der Waals surface area contributed by atoms with Gasteiger partial charge in [-0.1, -0.05) is 0 Å². The van der Waals surface area contributed by atoms with Crippen LogP contribution in [-0.2, 0) is 13.1 Å². The van der Waals surface area contributed by atoms with E-state index in [0.29, 0.717) is 6.54 Å². The highest BCUT2D eigenvalue weighted by Crippen LogP contribution is 1.91. The summed E-state index contributed by atoms with van der Waals surface area (Å²) in [5, 5.41) is 0. The molecule has 0 aliphatic carbocycles. The molecule has 1 heterocycles. The Morgan fingerprint density at radius 2 is 2.13 bits per heavy atom. The predicted octanol–water partition coefficient (Wildman–Crippen LogP) is -0.0283. The maximum atomic E-state index is 12.0. The third-order valence-electron chi connectivity index (χ3n) is 2.12. The van der Waals surface area contributed by atoms with E-state index in [4.69, 9.17) is 5.73 Å². The second kappa shape index (κ2) is 4.77. The summed E-state index contributed by atoms with van der Waals surface area (Å²) in [5.74, 6) is 0. The zero-order chi connectivity index (χ0) is 11.4. The Balaban J connectivity index is 3.28. The maximum Gasteiger partial charge on any atom is 0.331 e. The summed E-state index contributed by atoms with van der Waals surface area (Å²) in [5.41, 5.74) is 4.48. The molecule has 84 valence electrons. The molecule has 0 aliphatic rings. The van der Waals surface area contributed by atoms with Crippen molar-refractivity contribution in [3.05, 3.63) is 27.0 Å². The molecule has 0 bridgehead atoms. The van der Waals surface area contributed by atoms with Crippen molar-refractivity contribution >= 4 is 5.69 Å². The van der Waals surface area contributed by atoms with Gasteiger partial charge in [-0.15, -0.1) is 0 Å². The van der Waals surface area contributed by atoms with E-state index < -0.39 is 17.9 Å². The smallest absolute Gasteiger partial charge is 0.331 e. The number of hydrogen-bond acceptors (Lipinski definition) is 3. The third kappa shape index (κ3) is 2.26. The summed E-state index contributed by atoms with van der Waals surface area (Å²) in [6.07, 6.45) is 1.46. The van der Waals surface area contributed by atoms with E-state index >= 15 is 0 Å². The van der Waals surface area contributed by atoms with Crippen LogP contribution in [0.2, 0.25) is 0 Å². The highest BCUT2D eigenvalue weighted by Gasteiger charge is 2.07. The SMILES string of the molecule is CCn1cc(N)c(=O)n(CCCF)c1=O. The van der Waals surface area contributed by atoms with Crippen LogP contribution < -0.4 is 17.0 Å². The van der Waals surface area contributed by atoms with Gasteiger partial charge in [-0.25, -0.2) is 4.79 Å². The lowest BCUT2D eigenvalue weighted by molar-refractivity contribution is 0.433. The summed E-state index contributed by atoms with van der Waals surface area (Å²) in [7, 11) is 0. The second-order valence-corrected chi connectivity index (χ2v) is 3.15. The predicted molar refractivity (Wildman–Crippen MR) is 55.6 cm³/mol. The van der Waals surface area contributed by atoms with Gasteiger partial charge in [0.1, 0.15) is 5.69 Å². The molecule has 0 radical (unpaired) electrons. The van der Waals surface area contributed by atoms with E-state index in [1.54, 1.807) is 6.92 Å². The van der Waals surface area contributed by atoms with Crippen molar-refractivity contribution in [2.75, 3.05) is 12.4 Å². The van der Waals surface area contributed by atoms with Crippen LogP contribution in [0.4, 0.5) is 10.1 Å². The van der Waals surface area contributed by atoms with Crippen molar-refractivity contribution < 1.29 is 4.39 Å². The Morgan fingerprint density at radius 3 is 2.67 bits per heavy atom. The standard InChI is InChI=1S/C9H14FN3O2/c1-2-12-6-7(11)8(14)13(9(12)15)5-3-4-10/h6H,2-5,11H2,1H3. The number of hydrogen-bond donors (Lipinski definition) is 1. The van der Waals surface area contributed by atoms with Crippen LogP contribution in [0, 0.1) is 0 Å². The quantitative estimate of drug-likeness (QED) is 0.766. The maximum absolute atomic E-state index is 12.0. The normalized spacial score (nSPS) is 10.5. The summed E-state index contributed by atoms with van der Waals surface area (Å²) < 4.78 is 14.3. The minimum absolute atomic E-state index is 0.00954. The lowest BCUT2D eigenvalue weighted by atomic mass is 10.4. The molecule has 0 saturated heterocycles. The van der Waals surface area contributed by atoms with E-state index in [1.807, 2.05) is 0 Å². The molecule has 15 heavy (non-hydrogen) atoms. The monoisotopic (exact) mass is 215 g/mol. The lowest BCUT2D eigenvalue weighted by Gasteiger charge is -2.08. The second-order valence-electron chi connectivity index (χ2n) is 3.15. The summed E-state index contributed by atoms with van der Waals surface area (Å²) in [6, 6.07) is 0. The summed E-state index contributed by atoms with van der Waals surface area (Å²) >= 11 is 0. The van der Waals surface area contributed by atoms with Gasteiger partial charge in [-0.05, 0) is 13.3 Å². The average Bonchev–Trinajstić information content (AvgIpc) is 2.23. The molecule has 1 rings (SSSR count). The first kappa shape index (κ1) is 11.5. The number of alkyl halides is 1. The van der Waals surface area contributed by atoms with E-state index in [9.17, 15) is 14.0 Å². The van der Waals surface area contributed by atoms with E-state index in [-0.39, 0.29) is 18.7 Å². The molecule has 0 fully saturated rings. The van der Waals surface area contributed by atoms with Crippen LogP contribution in [0.25, 0.3) is 0 Å². The molecular formula is C9H14FN3O2. The fourth-order valence-corrected chi connectivity index (χ4v) is 1.32.